The van der Waals surface area contributed by atoms with Crippen molar-refractivity contribution >= 4 is 17.5 Å². The van der Waals surface area contributed by atoms with Crippen molar-refractivity contribution in [2.45, 2.75) is 25.8 Å². The van der Waals surface area contributed by atoms with Crippen molar-refractivity contribution in [1.29, 1.82) is 0 Å². The molecule has 1 aliphatic carbocycles. The van der Waals surface area contributed by atoms with Gasteiger partial charge in [0, 0.05) is 47.8 Å². The fraction of sp³-hybridized carbons (Fsp3) is 0.250. The first kappa shape index (κ1) is 18.6. The molecule has 6 heteroatoms. The number of hydrogen-bond acceptors (Lipinski definition) is 3. The van der Waals surface area contributed by atoms with Crippen molar-refractivity contribution in [3.63, 3.8) is 0 Å². The molecule has 0 atom stereocenters. The lowest BCUT2D eigenvalue weighted by Crippen LogP contribution is -2.35. The molecule has 1 aliphatic heterocycles. The predicted molar refractivity (Wildman–Crippen MR) is 110 cm³/mol. The van der Waals surface area contributed by atoms with Crippen LogP contribution in [0.4, 0.5) is 10.1 Å². The molecule has 0 spiro atoms. The van der Waals surface area contributed by atoms with E-state index in [1.807, 2.05) is 30.3 Å². The molecule has 1 saturated carbocycles. The van der Waals surface area contributed by atoms with Crippen molar-refractivity contribution in [2.75, 3.05) is 11.9 Å². The molecule has 30 heavy (non-hydrogen) atoms. The molecule has 0 unspecified atom stereocenters. The average Bonchev–Trinajstić information content (AvgIpc) is 3.52. The van der Waals surface area contributed by atoms with Crippen LogP contribution in [0.25, 0.3) is 11.3 Å². The van der Waals surface area contributed by atoms with Gasteiger partial charge < -0.3 is 14.6 Å². The Kier molecular flexibility index (Phi) is 4.62. The largest absolute Gasteiger partial charge is 0.461 e. The highest BCUT2D eigenvalue weighted by atomic mass is 19.1. The van der Waals surface area contributed by atoms with Gasteiger partial charge in [-0.1, -0.05) is 6.07 Å². The maximum absolute atomic E-state index is 13.5. The molecule has 0 bridgehead atoms. The van der Waals surface area contributed by atoms with E-state index in [9.17, 15) is 14.0 Å². The van der Waals surface area contributed by atoms with Crippen LogP contribution in [0.1, 0.15) is 34.5 Å². The molecule has 5 rings (SSSR count). The summed E-state index contributed by atoms with van der Waals surface area (Å²) in [5.74, 6) is 1.26. The summed E-state index contributed by atoms with van der Waals surface area (Å²) in [6.45, 7) is 0.963. The highest BCUT2D eigenvalue weighted by Gasteiger charge is 2.29. The normalized spacial score (nSPS) is 15.6. The number of furan rings is 1. The first-order valence-electron chi connectivity index (χ1n) is 10.1. The molecule has 1 fully saturated rings. The van der Waals surface area contributed by atoms with Gasteiger partial charge in [0.1, 0.15) is 17.3 Å². The Morgan fingerprint density at radius 3 is 2.60 bits per heavy atom. The van der Waals surface area contributed by atoms with E-state index in [1.54, 1.807) is 17.0 Å². The summed E-state index contributed by atoms with van der Waals surface area (Å²) in [4.78, 5) is 26.3. The molecule has 2 amide bonds. The second-order valence-electron chi connectivity index (χ2n) is 7.89. The number of fused-ring (bicyclic) bond motifs is 1. The number of nitrogens with one attached hydrogen (secondary N) is 1. The Morgan fingerprint density at radius 2 is 1.87 bits per heavy atom. The van der Waals surface area contributed by atoms with Crippen LogP contribution in [0.5, 0.6) is 0 Å². The van der Waals surface area contributed by atoms with Crippen molar-refractivity contribution in [3.8, 4) is 11.3 Å². The summed E-state index contributed by atoms with van der Waals surface area (Å²) >= 11 is 0. The van der Waals surface area contributed by atoms with E-state index in [2.05, 4.69) is 5.32 Å². The fourth-order valence-electron chi connectivity index (χ4n) is 3.76. The van der Waals surface area contributed by atoms with E-state index >= 15 is 0 Å². The number of carbonyl (C=O) groups excluding carboxylic acids is 2. The standard InChI is InChI=1S/C24H21FN2O3/c25-19-3-1-2-17(12-19)24(29)27-11-10-21-18(14-27)13-22(30-21)15-6-8-20(9-7-15)26-23(28)16-4-5-16/h1-3,6-9,12-13,16H,4-5,10-11,14H2,(H,26,28). The van der Waals surface area contributed by atoms with E-state index in [1.165, 1.54) is 12.1 Å². The van der Waals surface area contributed by atoms with Crippen LogP contribution in [0.15, 0.2) is 59.0 Å². The van der Waals surface area contributed by atoms with Crippen LogP contribution in [-0.2, 0) is 17.8 Å². The third-order valence-corrected chi connectivity index (χ3v) is 5.61. The number of carbonyl (C=O) groups is 2. The van der Waals surface area contributed by atoms with Crippen LogP contribution < -0.4 is 5.32 Å². The minimum Gasteiger partial charge on any atom is -0.461 e. The van der Waals surface area contributed by atoms with Crippen molar-refractivity contribution < 1.29 is 18.4 Å². The SMILES string of the molecule is O=C(Nc1ccc(-c2cc3c(o2)CCN(C(=O)c2cccc(F)c2)C3)cc1)C1CC1. The lowest BCUT2D eigenvalue weighted by molar-refractivity contribution is -0.117. The third kappa shape index (κ3) is 3.73. The maximum Gasteiger partial charge on any atom is 0.254 e. The molecule has 5 nitrogen and oxygen atoms in total. The average molecular weight is 404 g/mol. The number of hydrogen-bond donors (Lipinski definition) is 1. The Balaban J connectivity index is 1.30. The van der Waals surface area contributed by atoms with Gasteiger partial charge in [-0.05, 0) is 61.4 Å². The zero-order chi connectivity index (χ0) is 20.7. The zero-order valence-corrected chi connectivity index (χ0v) is 16.4. The fourth-order valence-corrected chi connectivity index (χ4v) is 3.76. The van der Waals surface area contributed by atoms with Crippen molar-refractivity contribution in [1.82, 2.24) is 4.90 Å². The summed E-state index contributed by atoms with van der Waals surface area (Å²) in [5, 5.41) is 2.93. The van der Waals surface area contributed by atoms with Gasteiger partial charge in [-0.3, -0.25) is 9.59 Å². The molecule has 2 aliphatic rings. The second-order valence-corrected chi connectivity index (χ2v) is 7.89. The van der Waals surface area contributed by atoms with Crippen molar-refractivity contribution in [3.05, 3.63) is 77.3 Å². The topological polar surface area (TPSA) is 62.6 Å². The number of halogens is 1. The third-order valence-electron chi connectivity index (χ3n) is 5.61. The maximum atomic E-state index is 13.5. The molecular formula is C24H21FN2O3. The Labute approximate surface area is 173 Å². The summed E-state index contributed by atoms with van der Waals surface area (Å²) in [6, 6.07) is 15.3. The van der Waals surface area contributed by atoms with Gasteiger partial charge in [0.05, 0.1) is 0 Å². The number of nitrogens with zero attached hydrogens (tertiary/aromatic N) is 1. The summed E-state index contributed by atoms with van der Waals surface area (Å²) in [7, 11) is 0. The molecule has 0 saturated heterocycles. The highest BCUT2D eigenvalue weighted by Crippen LogP contribution is 2.32. The lowest BCUT2D eigenvalue weighted by Gasteiger charge is -2.26. The van der Waals surface area contributed by atoms with Gasteiger partial charge in [-0.25, -0.2) is 4.39 Å². The Bertz CT molecular complexity index is 1120. The van der Waals surface area contributed by atoms with Gasteiger partial charge in [0.15, 0.2) is 0 Å². The minimum absolute atomic E-state index is 0.0827. The number of anilines is 1. The zero-order valence-electron chi connectivity index (χ0n) is 16.4. The van der Waals surface area contributed by atoms with Crippen molar-refractivity contribution in [2.24, 2.45) is 5.92 Å². The molecule has 2 aromatic carbocycles. The van der Waals surface area contributed by atoms with Gasteiger partial charge in [-0.2, -0.15) is 0 Å². The minimum atomic E-state index is -0.416. The van der Waals surface area contributed by atoms with Crippen LogP contribution in [0.2, 0.25) is 0 Å². The van der Waals surface area contributed by atoms with Crippen LogP contribution in [0, 0.1) is 11.7 Å². The van der Waals surface area contributed by atoms with Gasteiger partial charge in [0.25, 0.3) is 5.91 Å². The molecule has 152 valence electrons. The van der Waals surface area contributed by atoms with Crippen LogP contribution in [0.3, 0.4) is 0 Å². The smallest absolute Gasteiger partial charge is 0.254 e. The van der Waals surface area contributed by atoms with E-state index in [-0.39, 0.29) is 17.7 Å². The Hall–Kier alpha value is -3.41. The Morgan fingerprint density at radius 1 is 1.07 bits per heavy atom. The van der Waals surface area contributed by atoms with E-state index in [4.69, 9.17) is 4.42 Å². The summed E-state index contributed by atoms with van der Waals surface area (Å²) in [6.07, 6.45) is 2.56. The summed E-state index contributed by atoms with van der Waals surface area (Å²) < 4.78 is 19.5. The van der Waals surface area contributed by atoms with Gasteiger partial charge in [-0.15, -0.1) is 0 Å². The monoisotopic (exact) mass is 404 g/mol. The number of rotatable bonds is 4. The molecule has 3 aromatic rings. The van der Waals surface area contributed by atoms with Crippen LogP contribution in [-0.4, -0.2) is 23.3 Å². The van der Waals surface area contributed by atoms with E-state index < -0.39 is 5.82 Å². The van der Waals surface area contributed by atoms with Gasteiger partial charge >= 0.3 is 0 Å². The quantitative estimate of drug-likeness (QED) is 0.690. The first-order valence-corrected chi connectivity index (χ1v) is 10.1. The predicted octanol–water partition coefficient (Wildman–Crippen LogP) is 4.63. The molecule has 1 aromatic heterocycles. The van der Waals surface area contributed by atoms with E-state index in [0.717, 1.165) is 41.2 Å². The number of amides is 2. The lowest BCUT2D eigenvalue weighted by atomic mass is 10.1. The molecule has 0 radical (unpaired) electrons. The second kappa shape index (κ2) is 7.44. The van der Waals surface area contributed by atoms with Gasteiger partial charge in [0.2, 0.25) is 5.91 Å². The molecule has 1 N–H and O–H groups in total. The first-order chi connectivity index (χ1) is 14.6. The van der Waals surface area contributed by atoms with Crippen LogP contribution >= 0.6 is 0 Å². The molecule has 2 heterocycles. The molecular weight excluding hydrogens is 383 g/mol. The summed E-state index contributed by atoms with van der Waals surface area (Å²) in [5.41, 5.74) is 3.01. The highest BCUT2D eigenvalue weighted by molar-refractivity contribution is 5.95. The number of benzene rings is 2. The van der Waals surface area contributed by atoms with E-state index in [0.29, 0.717) is 25.1 Å².